The Hall–Kier alpha value is -2.17. The van der Waals surface area contributed by atoms with Gasteiger partial charge in [0.2, 0.25) is 5.72 Å². The van der Waals surface area contributed by atoms with E-state index in [4.69, 9.17) is 33.0 Å². The second-order valence-electron chi connectivity index (χ2n) is 8.88. The van der Waals surface area contributed by atoms with Crippen LogP contribution in [0.15, 0.2) is 59.4 Å². The standard InChI is InChI=1S/C23H22Cl2N2O2/c1-22(2)11-16(28)12-23(13-22)27-20(10-19(26-27)14-6-4-3-5-7-14)17-8-15(24)9-18(25)21(17)29-23/h3-9,12,20,28H,10-11,13H2,1-2H3/t20-,23+/m1/s1. The van der Waals surface area contributed by atoms with Crippen LogP contribution in [0.5, 0.6) is 5.75 Å². The summed E-state index contributed by atoms with van der Waals surface area (Å²) in [7, 11) is 0. The predicted molar refractivity (Wildman–Crippen MR) is 116 cm³/mol. The molecule has 1 spiro atoms. The molecule has 29 heavy (non-hydrogen) atoms. The van der Waals surface area contributed by atoms with Gasteiger partial charge in [-0.25, -0.2) is 5.01 Å². The first-order valence-corrected chi connectivity index (χ1v) is 10.5. The minimum absolute atomic E-state index is 0.0666. The molecule has 1 aliphatic carbocycles. The number of nitrogens with zero attached hydrogens (tertiary/aromatic N) is 2. The number of rotatable bonds is 1. The first kappa shape index (κ1) is 18.8. The van der Waals surface area contributed by atoms with E-state index in [0.717, 1.165) is 16.8 Å². The highest BCUT2D eigenvalue weighted by Gasteiger charge is 2.54. The van der Waals surface area contributed by atoms with Crippen LogP contribution in [-0.2, 0) is 0 Å². The molecule has 0 amide bonds. The van der Waals surface area contributed by atoms with Crippen molar-refractivity contribution in [1.82, 2.24) is 5.01 Å². The Morgan fingerprint density at radius 2 is 1.93 bits per heavy atom. The lowest BCUT2D eigenvalue weighted by molar-refractivity contribution is -0.115. The lowest BCUT2D eigenvalue weighted by Gasteiger charge is -2.51. The van der Waals surface area contributed by atoms with Crippen molar-refractivity contribution in [3.05, 3.63) is 75.5 Å². The summed E-state index contributed by atoms with van der Waals surface area (Å²) in [4.78, 5) is 0. The molecular weight excluding hydrogens is 407 g/mol. The quantitative estimate of drug-likeness (QED) is 0.563. The van der Waals surface area contributed by atoms with Crippen molar-refractivity contribution < 1.29 is 9.84 Å². The monoisotopic (exact) mass is 428 g/mol. The third-order valence-electron chi connectivity index (χ3n) is 5.86. The summed E-state index contributed by atoms with van der Waals surface area (Å²) in [6, 6.07) is 13.7. The molecule has 0 aromatic heterocycles. The number of allylic oxidation sites excluding steroid dienone is 1. The molecule has 5 rings (SSSR count). The number of hydrogen-bond donors (Lipinski definition) is 1. The average molecular weight is 429 g/mol. The Labute approximate surface area is 180 Å². The van der Waals surface area contributed by atoms with E-state index in [0.29, 0.717) is 40.8 Å². The van der Waals surface area contributed by atoms with Gasteiger partial charge in [-0.15, -0.1) is 0 Å². The lowest BCUT2D eigenvalue weighted by atomic mass is 9.75. The molecule has 2 aromatic rings. The highest BCUT2D eigenvalue weighted by molar-refractivity contribution is 6.35. The minimum Gasteiger partial charge on any atom is -0.512 e. The van der Waals surface area contributed by atoms with Crippen LogP contribution in [0.2, 0.25) is 10.0 Å². The molecule has 150 valence electrons. The summed E-state index contributed by atoms with van der Waals surface area (Å²) in [5, 5.41) is 18.6. The molecule has 2 aromatic carbocycles. The van der Waals surface area contributed by atoms with Gasteiger partial charge in [0.1, 0.15) is 5.75 Å². The van der Waals surface area contributed by atoms with Crippen molar-refractivity contribution in [3.8, 4) is 5.75 Å². The maximum atomic E-state index is 10.6. The molecule has 6 heteroatoms. The number of ether oxygens (including phenoxy) is 1. The van der Waals surface area contributed by atoms with Gasteiger partial charge < -0.3 is 9.84 Å². The molecule has 2 atom stereocenters. The Morgan fingerprint density at radius 3 is 2.66 bits per heavy atom. The predicted octanol–water partition coefficient (Wildman–Crippen LogP) is 6.50. The zero-order chi connectivity index (χ0) is 20.4. The third kappa shape index (κ3) is 3.10. The van der Waals surface area contributed by atoms with Gasteiger partial charge in [-0.05, 0) is 23.1 Å². The molecule has 1 N–H and O–H groups in total. The van der Waals surface area contributed by atoms with Crippen LogP contribution >= 0.6 is 23.2 Å². The summed E-state index contributed by atoms with van der Waals surface area (Å²) >= 11 is 12.9. The molecular formula is C23H22Cl2N2O2. The highest BCUT2D eigenvalue weighted by Crippen LogP contribution is 2.55. The second-order valence-corrected chi connectivity index (χ2v) is 9.73. The number of hydrogen-bond acceptors (Lipinski definition) is 4. The van der Waals surface area contributed by atoms with Crippen LogP contribution in [0.25, 0.3) is 0 Å². The molecule has 0 bridgehead atoms. The minimum atomic E-state index is -0.891. The van der Waals surface area contributed by atoms with E-state index in [1.165, 1.54) is 0 Å². The Balaban J connectivity index is 1.70. The average Bonchev–Trinajstić information content (AvgIpc) is 3.09. The third-order valence-corrected chi connectivity index (χ3v) is 6.36. The van der Waals surface area contributed by atoms with E-state index in [1.807, 2.05) is 29.3 Å². The smallest absolute Gasteiger partial charge is 0.221 e. The van der Waals surface area contributed by atoms with Crippen LogP contribution in [0, 0.1) is 5.41 Å². The highest BCUT2D eigenvalue weighted by atomic mass is 35.5. The normalized spacial score (nSPS) is 27.0. The van der Waals surface area contributed by atoms with Crippen molar-refractivity contribution in [3.63, 3.8) is 0 Å². The van der Waals surface area contributed by atoms with Crippen LogP contribution in [0.1, 0.15) is 50.3 Å². The van der Waals surface area contributed by atoms with Crippen molar-refractivity contribution in [1.29, 1.82) is 0 Å². The van der Waals surface area contributed by atoms with Crippen molar-refractivity contribution in [2.24, 2.45) is 10.5 Å². The summed E-state index contributed by atoms with van der Waals surface area (Å²) < 4.78 is 6.54. The zero-order valence-electron chi connectivity index (χ0n) is 16.3. The maximum Gasteiger partial charge on any atom is 0.221 e. The van der Waals surface area contributed by atoms with E-state index >= 15 is 0 Å². The number of hydrazone groups is 1. The fourth-order valence-corrected chi connectivity index (χ4v) is 5.43. The van der Waals surface area contributed by atoms with Gasteiger partial charge in [0, 0.05) is 35.9 Å². The van der Waals surface area contributed by atoms with Gasteiger partial charge in [-0.1, -0.05) is 67.4 Å². The number of aliphatic hydroxyl groups is 1. The van der Waals surface area contributed by atoms with Crippen LogP contribution in [0.4, 0.5) is 0 Å². The Kier molecular flexibility index (Phi) is 4.17. The zero-order valence-corrected chi connectivity index (χ0v) is 17.8. The van der Waals surface area contributed by atoms with Crippen LogP contribution in [0.3, 0.4) is 0 Å². The number of halogens is 2. The Morgan fingerprint density at radius 1 is 1.17 bits per heavy atom. The van der Waals surface area contributed by atoms with Crippen molar-refractivity contribution >= 4 is 28.9 Å². The maximum absolute atomic E-state index is 10.6. The summed E-state index contributed by atoms with van der Waals surface area (Å²) in [6.45, 7) is 4.26. The Bertz CT molecular complexity index is 1050. The molecule has 0 radical (unpaired) electrons. The first-order chi connectivity index (χ1) is 13.8. The lowest BCUT2D eigenvalue weighted by Crippen LogP contribution is -2.56. The summed E-state index contributed by atoms with van der Waals surface area (Å²) in [5.41, 5.74) is 1.95. The SMILES string of the molecule is CC1(C)CC(O)=C[C@@]2(C1)Oc1c(Cl)cc(Cl)cc1[C@H]1CC(c3ccccc3)=NN12. The number of aliphatic hydroxyl groups excluding tert-OH is 1. The van der Waals surface area contributed by atoms with Gasteiger partial charge in [0.15, 0.2) is 0 Å². The van der Waals surface area contributed by atoms with E-state index in [2.05, 4.69) is 26.0 Å². The van der Waals surface area contributed by atoms with Gasteiger partial charge in [-0.3, -0.25) is 0 Å². The number of fused-ring (bicyclic) bond motifs is 4. The van der Waals surface area contributed by atoms with E-state index < -0.39 is 5.72 Å². The summed E-state index contributed by atoms with van der Waals surface area (Å²) in [5.74, 6) is 0.945. The van der Waals surface area contributed by atoms with E-state index in [1.54, 1.807) is 12.1 Å². The van der Waals surface area contributed by atoms with Gasteiger partial charge >= 0.3 is 0 Å². The summed E-state index contributed by atoms with van der Waals surface area (Å²) in [6.07, 6.45) is 3.81. The van der Waals surface area contributed by atoms with E-state index in [9.17, 15) is 5.11 Å². The van der Waals surface area contributed by atoms with Crippen molar-refractivity contribution in [2.45, 2.75) is 44.9 Å². The fraction of sp³-hybridized carbons (Fsp3) is 0.348. The van der Waals surface area contributed by atoms with Gasteiger partial charge in [0.05, 0.1) is 22.5 Å². The molecule has 0 saturated heterocycles. The number of benzene rings is 2. The molecule has 2 aliphatic heterocycles. The first-order valence-electron chi connectivity index (χ1n) is 9.77. The van der Waals surface area contributed by atoms with Crippen LogP contribution in [-0.4, -0.2) is 21.6 Å². The van der Waals surface area contributed by atoms with Crippen molar-refractivity contribution in [2.75, 3.05) is 0 Å². The molecule has 4 nitrogen and oxygen atoms in total. The topological polar surface area (TPSA) is 45.1 Å². The van der Waals surface area contributed by atoms with Crippen LogP contribution < -0.4 is 4.74 Å². The largest absolute Gasteiger partial charge is 0.512 e. The molecule has 0 saturated carbocycles. The molecule has 3 aliphatic rings. The molecule has 0 fully saturated rings. The van der Waals surface area contributed by atoms with E-state index in [-0.39, 0.29) is 11.5 Å². The second kappa shape index (κ2) is 6.41. The van der Waals surface area contributed by atoms with Gasteiger partial charge in [-0.2, -0.15) is 5.10 Å². The fourth-order valence-electron chi connectivity index (χ4n) is 4.88. The molecule has 2 heterocycles. The molecule has 0 unspecified atom stereocenters. The van der Waals surface area contributed by atoms with Gasteiger partial charge in [0.25, 0.3) is 0 Å².